The van der Waals surface area contributed by atoms with E-state index in [9.17, 15) is 4.79 Å². The molecule has 1 fully saturated rings. The Morgan fingerprint density at radius 3 is 3.05 bits per heavy atom. The van der Waals surface area contributed by atoms with Crippen LogP contribution in [0.3, 0.4) is 0 Å². The molecule has 1 unspecified atom stereocenters. The summed E-state index contributed by atoms with van der Waals surface area (Å²) in [5.74, 6) is 0.826. The lowest BCUT2D eigenvalue weighted by Gasteiger charge is -2.33. The predicted octanol–water partition coefficient (Wildman–Crippen LogP) is 1.90. The number of carbonyl (C=O) groups excluding carboxylic acids is 1. The number of nitrogen functional groups attached to an aromatic ring is 1. The molecule has 1 aliphatic rings. The topological polar surface area (TPSA) is 75.8 Å². The van der Waals surface area contributed by atoms with Crippen LogP contribution in [0.4, 0.5) is 5.69 Å². The van der Waals surface area contributed by atoms with Gasteiger partial charge in [-0.2, -0.15) is 0 Å². The number of anilines is 1. The molecule has 0 bridgehead atoms. The number of rotatable bonds is 5. The maximum atomic E-state index is 12.7. The maximum absolute atomic E-state index is 12.7. The molecule has 21 heavy (non-hydrogen) atoms. The molecule has 5 heteroatoms. The molecular weight excluding hydrogens is 268 g/mol. The van der Waals surface area contributed by atoms with E-state index in [2.05, 4.69) is 0 Å². The smallest absolute Gasteiger partial charge is 0.257 e. The fourth-order valence-electron chi connectivity index (χ4n) is 2.87. The first-order valence-electron chi connectivity index (χ1n) is 7.58. The third-order valence-corrected chi connectivity index (χ3v) is 3.91. The van der Waals surface area contributed by atoms with Crippen molar-refractivity contribution in [3.63, 3.8) is 0 Å². The minimum atomic E-state index is -0.0339. The van der Waals surface area contributed by atoms with Gasteiger partial charge >= 0.3 is 0 Å². The Kier molecular flexibility index (Phi) is 5.44. The average Bonchev–Trinajstić information content (AvgIpc) is 2.49. The van der Waals surface area contributed by atoms with Gasteiger partial charge in [-0.3, -0.25) is 4.79 Å². The molecule has 0 spiro atoms. The van der Waals surface area contributed by atoms with Gasteiger partial charge in [-0.15, -0.1) is 0 Å². The first-order valence-corrected chi connectivity index (χ1v) is 7.58. The number of likely N-dealkylation sites (tertiary alicyclic amines) is 1. The van der Waals surface area contributed by atoms with Crippen LogP contribution in [0.2, 0.25) is 0 Å². The Labute approximate surface area is 125 Å². The highest BCUT2D eigenvalue weighted by atomic mass is 16.5. The fraction of sp³-hybridized carbons (Fsp3) is 0.562. The molecule has 3 N–H and O–H groups in total. The zero-order valence-electron chi connectivity index (χ0n) is 12.5. The number of hydrogen-bond acceptors (Lipinski definition) is 4. The highest BCUT2D eigenvalue weighted by Gasteiger charge is 2.26. The molecule has 0 radical (unpaired) electrons. The zero-order valence-corrected chi connectivity index (χ0v) is 12.5. The third-order valence-electron chi connectivity index (χ3n) is 3.91. The van der Waals surface area contributed by atoms with Crippen LogP contribution in [0.1, 0.15) is 36.5 Å². The molecule has 2 rings (SSSR count). The Morgan fingerprint density at radius 1 is 1.52 bits per heavy atom. The summed E-state index contributed by atoms with van der Waals surface area (Å²) < 4.78 is 5.54. The predicted molar refractivity (Wildman–Crippen MR) is 82.4 cm³/mol. The minimum Gasteiger partial charge on any atom is -0.491 e. The summed E-state index contributed by atoms with van der Waals surface area (Å²) in [7, 11) is 0. The van der Waals surface area contributed by atoms with Crippen LogP contribution in [0, 0.1) is 5.92 Å². The van der Waals surface area contributed by atoms with E-state index in [-0.39, 0.29) is 12.5 Å². The van der Waals surface area contributed by atoms with Gasteiger partial charge in [0.2, 0.25) is 0 Å². The van der Waals surface area contributed by atoms with E-state index in [4.69, 9.17) is 15.6 Å². The Morgan fingerprint density at radius 2 is 2.33 bits per heavy atom. The molecule has 0 aromatic heterocycles. The van der Waals surface area contributed by atoms with Crippen LogP contribution in [-0.2, 0) is 0 Å². The van der Waals surface area contributed by atoms with E-state index in [1.807, 2.05) is 11.8 Å². The molecule has 1 saturated heterocycles. The lowest BCUT2D eigenvalue weighted by molar-refractivity contribution is 0.0649. The van der Waals surface area contributed by atoms with Gasteiger partial charge in [0.05, 0.1) is 17.9 Å². The quantitative estimate of drug-likeness (QED) is 0.813. The average molecular weight is 292 g/mol. The fourth-order valence-corrected chi connectivity index (χ4v) is 2.87. The molecule has 0 aliphatic carbocycles. The molecule has 116 valence electrons. The van der Waals surface area contributed by atoms with Crippen LogP contribution < -0.4 is 10.5 Å². The van der Waals surface area contributed by atoms with Gasteiger partial charge in [-0.1, -0.05) is 6.07 Å². The van der Waals surface area contributed by atoms with E-state index < -0.39 is 0 Å². The van der Waals surface area contributed by atoms with Gasteiger partial charge in [0, 0.05) is 19.7 Å². The Bertz CT molecular complexity index is 488. The van der Waals surface area contributed by atoms with Crippen molar-refractivity contribution in [3.05, 3.63) is 23.8 Å². The van der Waals surface area contributed by atoms with E-state index in [0.29, 0.717) is 36.1 Å². The second kappa shape index (κ2) is 7.31. The summed E-state index contributed by atoms with van der Waals surface area (Å²) >= 11 is 0. The van der Waals surface area contributed by atoms with Crippen molar-refractivity contribution in [1.29, 1.82) is 0 Å². The zero-order chi connectivity index (χ0) is 15.2. The highest BCUT2D eigenvalue weighted by Crippen LogP contribution is 2.29. The van der Waals surface area contributed by atoms with Gasteiger partial charge in [0.15, 0.2) is 5.75 Å². The molecule has 1 atom stereocenters. The second-order valence-electron chi connectivity index (χ2n) is 5.43. The Hall–Kier alpha value is -1.75. The van der Waals surface area contributed by atoms with Crippen molar-refractivity contribution < 1.29 is 14.6 Å². The van der Waals surface area contributed by atoms with Gasteiger partial charge in [0.25, 0.3) is 5.91 Å². The number of benzene rings is 1. The lowest BCUT2D eigenvalue weighted by atomic mass is 9.94. The van der Waals surface area contributed by atoms with Crippen molar-refractivity contribution in [3.8, 4) is 5.75 Å². The monoisotopic (exact) mass is 292 g/mol. The number of ether oxygens (including phenoxy) is 1. The van der Waals surface area contributed by atoms with Crippen molar-refractivity contribution >= 4 is 11.6 Å². The number of amides is 1. The SMILES string of the molecule is CCOc1c(N)cccc1C(=O)N1CCCC(CCO)C1. The van der Waals surface area contributed by atoms with E-state index in [0.717, 1.165) is 25.8 Å². The number of hydrogen-bond donors (Lipinski definition) is 2. The van der Waals surface area contributed by atoms with Crippen molar-refractivity contribution in [2.75, 3.05) is 32.0 Å². The van der Waals surface area contributed by atoms with Gasteiger partial charge < -0.3 is 20.5 Å². The summed E-state index contributed by atoms with van der Waals surface area (Å²) in [6.45, 7) is 3.97. The van der Waals surface area contributed by atoms with Gasteiger partial charge in [-0.05, 0) is 44.2 Å². The molecule has 0 saturated carbocycles. The van der Waals surface area contributed by atoms with Crippen molar-refractivity contribution in [2.45, 2.75) is 26.2 Å². The van der Waals surface area contributed by atoms with E-state index in [1.54, 1.807) is 18.2 Å². The van der Waals surface area contributed by atoms with Crippen LogP contribution in [0.15, 0.2) is 18.2 Å². The number of carbonyl (C=O) groups is 1. The molecule has 1 aliphatic heterocycles. The van der Waals surface area contributed by atoms with E-state index in [1.165, 1.54) is 0 Å². The van der Waals surface area contributed by atoms with Gasteiger partial charge in [-0.25, -0.2) is 0 Å². The molecule has 1 amide bonds. The summed E-state index contributed by atoms with van der Waals surface area (Å²) in [4.78, 5) is 14.6. The summed E-state index contributed by atoms with van der Waals surface area (Å²) in [6, 6.07) is 5.28. The van der Waals surface area contributed by atoms with E-state index >= 15 is 0 Å². The number of nitrogens with zero attached hydrogens (tertiary/aromatic N) is 1. The third kappa shape index (κ3) is 3.67. The first kappa shape index (κ1) is 15.6. The number of aliphatic hydroxyl groups excluding tert-OH is 1. The second-order valence-corrected chi connectivity index (χ2v) is 5.43. The summed E-state index contributed by atoms with van der Waals surface area (Å²) in [5, 5.41) is 9.07. The number of piperidine rings is 1. The summed E-state index contributed by atoms with van der Waals surface area (Å²) in [5.41, 5.74) is 6.94. The van der Waals surface area contributed by atoms with Crippen molar-refractivity contribution in [1.82, 2.24) is 4.90 Å². The molecular formula is C16H24N2O3. The summed E-state index contributed by atoms with van der Waals surface area (Å²) in [6.07, 6.45) is 2.79. The maximum Gasteiger partial charge on any atom is 0.257 e. The standard InChI is InChI=1S/C16H24N2O3/c1-2-21-15-13(6-3-7-14(15)17)16(20)18-9-4-5-12(11-18)8-10-19/h3,6-7,12,19H,2,4-5,8-11,17H2,1H3. The van der Waals surface area contributed by atoms with Crippen LogP contribution in [-0.4, -0.2) is 42.2 Å². The first-order chi connectivity index (χ1) is 10.2. The number of para-hydroxylation sites is 1. The van der Waals surface area contributed by atoms with Gasteiger partial charge in [0.1, 0.15) is 0 Å². The number of nitrogens with two attached hydrogens (primary N) is 1. The highest BCUT2D eigenvalue weighted by molar-refractivity contribution is 5.98. The molecule has 1 aromatic rings. The Balaban J connectivity index is 2.17. The lowest BCUT2D eigenvalue weighted by Crippen LogP contribution is -2.40. The normalized spacial score (nSPS) is 18.6. The van der Waals surface area contributed by atoms with Crippen LogP contribution in [0.25, 0.3) is 0 Å². The molecule has 1 aromatic carbocycles. The van der Waals surface area contributed by atoms with Crippen molar-refractivity contribution in [2.24, 2.45) is 5.92 Å². The molecule has 5 nitrogen and oxygen atoms in total. The molecule has 1 heterocycles. The van der Waals surface area contributed by atoms with Crippen LogP contribution in [0.5, 0.6) is 5.75 Å². The number of aliphatic hydroxyl groups is 1. The van der Waals surface area contributed by atoms with Crippen LogP contribution >= 0.6 is 0 Å². The largest absolute Gasteiger partial charge is 0.491 e. The minimum absolute atomic E-state index is 0.0339.